The van der Waals surface area contributed by atoms with E-state index in [1.54, 1.807) is 52.8 Å². The molecule has 158 valence electrons. The van der Waals surface area contributed by atoms with E-state index in [2.05, 4.69) is 5.32 Å². The second-order valence-corrected chi connectivity index (χ2v) is 7.93. The fraction of sp³-hybridized carbons (Fsp3) is 0.476. The molecule has 0 aliphatic heterocycles. The van der Waals surface area contributed by atoms with Gasteiger partial charge in [0.05, 0.1) is 7.11 Å². The van der Waals surface area contributed by atoms with Gasteiger partial charge < -0.3 is 23.9 Å². The van der Waals surface area contributed by atoms with E-state index in [4.69, 9.17) is 18.6 Å². The third-order valence-corrected chi connectivity index (χ3v) is 4.00. The van der Waals surface area contributed by atoms with Gasteiger partial charge in [-0.3, -0.25) is 0 Å². The van der Waals surface area contributed by atoms with Crippen molar-refractivity contribution < 1.29 is 28.2 Å². The van der Waals surface area contributed by atoms with Gasteiger partial charge in [0.1, 0.15) is 29.6 Å². The van der Waals surface area contributed by atoms with E-state index in [1.807, 2.05) is 0 Å². The van der Waals surface area contributed by atoms with Crippen molar-refractivity contribution in [1.29, 1.82) is 0 Å². The zero-order valence-electron chi connectivity index (χ0n) is 17.5. The van der Waals surface area contributed by atoms with E-state index in [0.717, 1.165) is 0 Å². The maximum absolute atomic E-state index is 12.6. The van der Waals surface area contributed by atoms with E-state index in [0.29, 0.717) is 22.3 Å². The molecule has 0 fully saturated rings. The standard InChI is InChI=1S/C21H27NO7/c1-12(2)18(22-20(25)29-21(3,4)5)19(24)27-11-13-9-17(23)28-16-10-14(26-6)7-8-15(13)16/h7-10,12,18H,11H2,1-6H3,(H,22,25)/t18-/m0/s1. The molecule has 1 amide bonds. The van der Waals surface area contributed by atoms with Gasteiger partial charge in [-0.15, -0.1) is 0 Å². The monoisotopic (exact) mass is 405 g/mol. The number of esters is 1. The number of carbonyl (C=O) groups is 2. The Kier molecular flexibility index (Phi) is 6.89. The number of hydrogen-bond acceptors (Lipinski definition) is 7. The van der Waals surface area contributed by atoms with Gasteiger partial charge in [-0.2, -0.15) is 0 Å². The normalized spacial score (nSPS) is 12.5. The molecule has 0 saturated carbocycles. The third-order valence-electron chi connectivity index (χ3n) is 4.00. The summed E-state index contributed by atoms with van der Waals surface area (Å²) in [5.74, 6) is -0.311. The van der Waals surface area contributed by atoms with Crippen LogP contribution in [0.2, 0.25) is 0 Å². The number of nitrogens with one attached hydrogen (secondary N) is 1. The Morgan fingerprint density at radius 3 is 2.45 bits per heavy atom. The van der Waals surface area contributed by atoms with Gasteiger partial charge in [0.2, 0.25) is 0 Å². The lowest BCUT2D eigenvalue weighted by molar-refractivity contribution is -0.148. The van der Waals surface area contributed by atoms with Gasteiger partial charge in [-0.1, -0.05) is 13.8 Å². The summed E-state index contributed by atoms with van der Waals surface area (Å²) in [6.07, 6.45) is -0.703. The highest BCUT2D eigenvalue weighted by molar-refractivity contribution is 5.83. The highest BCUT2D eigenvalue weighted by Gasteiger charge is 2.28. The van der Waals surface area contributed by atoms with Crippen molar-refractivity contribution in [1.82, 2.24) is 5.32 Å². The number of amides is 1. The molecule has 1 aromatic carbocycles. The molecule has 0 aliphatic carbocycles. The maximum atomic E-state index is 12.6. The first-order valence-electron chi connectivity index (χ1n) is 9.27. The molecule has 1 atom stereocenters. The first-order chi connectivity index (χ1) is 13.5. The van der Waals surface area contributed by atoms with Crippen molar-refractivity contribution in [3.63, 3.8) is 0 Å². The topological polar surface area (TPSA) is 104 Å². The number of hydrogen-bond donors (Lipinski definition) is 1. The van der Waals surface area contributed by atoms with Crippen LogP contribution in [0, 0.1) is 5.92 Å². The molecule has 2 rings (SSSR count). The van der Waals surface area contributed by atoms with Gasteiger partial charge >= 0.3 is 17.7 Å². The Bertz CT molecular complexity index is 940. The van der Waals surface area contributed by atoms with Crippen molar-refractivity contribution in [2.45, 2.75) is 52.9 Å². The molecular formula is C21H27NO7. The van der Waals surface area contributed by atoms with Crippen molar-refractivity contribution in [2.24, 2.45) is 5.92 Å². The van der Waals surface area contributed by atoms with Crippen LogP contribution in [-0.2, 0) is 20.9 Å². The smallest absolute Gasteiger partial charge is 0.408 e. The number of rotatable bonds is 6. The van der Waals surface area contributed by atoms with E-state index in [9.17, 15) is 14.4 Å². The van der Waals surface area contributed by atoms with Gasteiger partial charge in [0.25, 0.3) is 0 Å². The molecule has 8 heteroatoms. The Hall–Kier alpha value is -3.03. The lowest BCUT2D eigenvalue weighted by atomic mass is 10.0. The summed E-state index contributed by atoms with van der Waals surface area (Å²) in [6, 6.07) is 5.40. The second-order valence-electron chi connectivity index (χ2n) is 7.93. The van der Waals surface area contributed by atoms with Crippen LogP contribution in [0.15, 0.2) is 33.5 Å². The van der Waals surface area contributed by atoms with E-state index >= 15 is 0 Å². The van der Waals surface area contributed by atoms with Crippen molar-refractivity contribution in [3.05, 3.63) is 40.2 Å². The molecule has 0 aliphatic rings. The lowest BCUT2D eigenvalue weighted by Gasteiger charge is -2.24. The van der Waals surface area contributed by atoms with Crippen LogP contribution < -0.4 is 15.7 Å². The number of benzene rings is 1. The highest BCUT2D eigenvalue weighted by Crippen LogP contribution is 2.23. The zero-order valence-corrected chi connectivity index (χ0v) is 17.5. The molecule has 1 heterocycles. The Labute approximate surface area is 169 Å². The largest absolute Gasteiger partial charge is 0.497 e. The fourth-order valence-corrected chi connectivity index (χ4v) is 2.63. The SMILES string of the molecule is COc1ccc2c(COC(=O)[C@@H](NC(=O)OC(C)(C)C)C(C)C)cc(=O)oc2c1. The van der Waals surface area contributed by atoms with E-state index in [-0.39, 0.29) is 12.5 Å². The zero-order chi connectivity index (χ0) is 21.8. The number of ether oxygens (including phenoxy) is 3. The lowest BCUT2D eigenvalue weighted by Crippen LogP contribution is -2.47. The van der Waals surface area contributed by atoms with Gasteiger partial charge in [0.15, 0.2) is 0 Å². The summed E-state index contributed by atoms with van der Waals surface area (Å²) in [4.78, 5) is 36.4. The van der Waals surface area contributed by atoms with E-state index in [1.165, 1.54) is 13.2 Å². The average molecular weight is 405 g/mol. The van der Waals surface area contributed by atoms with Crippen LogP contribution in [0.5, 0.6) is 5.75 Å². The molecular weight excluding hydrogens is 378 g/mol. The van der Waals surface area contributed by atoms with Crippen LogP contribution in [0.25, 0.3) is 11.0 Å². The first kappa shape index (κ1) is 22.3. The Morgan fingerprint density at radius 1 is 1.17 bits per heavy atom. The minimum absolute atomic E-state index is 0.146. The molecule has 0 saturated heterocycles. The summed E-state index contributed by atoms with van der Waals surface area (Å²) in [5.41, 5.74) is -0.431. The third kappa shape index (κ3) is 6.23. The van der Waals surface area contributed by atoms with Crippen molar-refractivity contribution in [2.75, 3.05) is 7.11 Å². The molecule has 0 bridgehead atoms. The van der Waals surface area contributed by atoms with Crippen LogP contribution >= 0.6 is 0 Å². The number of fused-ring (bicyclic) bond motifs is 1. The van der Waals surface area contributed by atoms with Crippen molar-refractivity contribution >= 4 is 23.0 Å². The summed E-state index contributed by atoms with van der Waals surface area (Å²) in [7, 11) is 1.51. The molecule has 8 nitrogen and oxygen atoms in total. The predicted octanol–water partition coefficient (Wildman–Crippen LogP) is 3.39. The van der Waals surface area contributed by atoms with Crippen LogP contribution in [0.4, 0.5) is 4.79 Å². The summed E-state index contributed by atoms with van der Waals surface area (Å²) in [6.45, 7) is 8.61. The predicted molar refractivity (Wildman–Crippen MR) is 107 cm³/mol. The van der Waals surface area contributed by atoms with Crippen molar-refractivity contribution in [3.8, 4) is 5.75 Å². The Balaban J connectivity index is 2.15. The van der Waals surface area contributed by atoms with Crippen LogP contribution in [0.3, 0.4) is 0 Å². The van der Waals surface area contributed by atoms with E-state index < -0.39 is 29.3 Å². The maximum Gasteiger partial charge on any atom is 0.408 e. The second kappa shape index (κ2) is 8.98. The fourth-order valence-electron chi connectivity index (χ4n) is 2.63. The number of carbonyl (C=O) groups excluding carboxylic acids is 2. The molecule has 0 unspecified atom stereocenters. The average Bonchev–Trinajstić information content (AvgIpc) is 2.61. The summed E-state index contributed by atoms with van der Waals surface area (Å²) in [5, 5.41) is 3.16. The van der Waals surface area contributed by atoms with Gasteiger partial charge in [-0.25, -0.2) is 14.4 Å². The minimum atomic E-state index is -0.892. The summed E-state index contributed by atoms with van der Waals surface area (Å²) < 4.78 is 20.9. The number of methoxy groups -OCH3 is 1. The molecule has 2 aromatic rings. The summed E-state index contributed by atoms with van der Waals surface area (Å²) >= 11 is 0. The highest BCUT2D eigenvalue weighted by atomic mass is 16.6. The minimum Gasteiger partial charge on any atom is -0.497 e. The van der Waals surface area contributed by atoms with Gasteiger partial charge in [-0.05, 0) is 38.8 Å². The molecule has 0 spiro atoms. The van der Waals surface area contributed by atoms with Crippen LogP contribution in [0.1, 0.15) is 40.2 Å². The molecule has 0 radical (unpaired) electrons. The molecule has 1 N–H and O–H groups in total. The van der Waals surface area contributed by atoms with Crippen LogP contribution in [-0.4, -0.2) is 30.8 Å². The Morgan fingerprint density at radius 2 is 1.86 bits per heavy atom. The van der Waals surface area contributed by atoms with Gasteiger partial charge in [0, 0.05) is 23.1 Å². The quantitative estimate of drug-likeness (QED) is 0.580. The molecule has 29 heavy (non-hydrogen) atoms. The first-order valence-corrected chi connectivity index (χ1v) is 9.27. The number of alkyl carbamates (subject to hydrolysis) is 1. The molecule has 1 aromatic heterocycles.